The first kappa shape index (κ1) is 14.7. The third-order valence-electron chi connectivity index (χ3n) is 4.30. The maximum Gasteiger partial charge on any atom is 0.138 e. The van der Waals surface area contributed by atoms with Crippen LogP contribution in [0.4, 0.5) is 5.82 Å². The van der Waals surface area contributed by atoms with Crippen LogP contribution in [0.25, 0.3) is 10.2 Å². The van der Waals surface area contributed by atoms with Crippen LogP contribution in [0.2, 0.25) is 0 Å². The fourth-order valence-corrected chi connectivity index (χ4v) is 3.56. The zero-order chi connectivity index (χ0) is 14.7. The lowest BCUT2D eigenvalue weighted by molar-refractivity contribution is 0.110. The Morgan fingerprint density at radius 2 is 2.10 bits per heavy atom. The highest BCUT2D eigenvalue weighted by Crippen LogP contribution is 2.23. The van der Waals surface area contributed by atoms with Crippen LogP contribution >= 0.6 is 11.3 Å². The van der Waals surface area contributed by atoms with Crippen molar-refractivity contribution in [1.82, 2.24) is 19.8 Å². The first-order chi connectivity index (χ1) is 10.3. The van der Waals surface area contributed by atoms with Crippen molar-refractivity contribution < 1.29 is 0 Å². The van der Waals surface area contributed by atoms with Gasteiger partial charge in [0.1, 0.15) is 17.0 Å². The van der Waals surface area contributed by atoms with Gasteiger partial charge in [-0.25, -0.2) is 9.97 Å². The van der Waals surface area contributed by atoms with Crippen molar-refractivity contribution in [3.63, 3.8) is 0 Å². The Labute approximate surface area is 130 Å². The van der Waals surface area contributed by atoms with E-state index in [4.69, 9.17) is 0 Å². The SMILES string of the molecule is CCN1CCN([C@@H](C)CNc2ncnc3sccc23)CC1. The van der Waals surface area contributed by atoms with Gasteiger partial charge in [0.2, 0.25) is 0 Å². The van der Waals surface area contributed by atoms with E-state index in [-0.39, 0.29) is 0 Å². The summed E-state index contributed by atoms with van der Waals surface area (Å²) in [6.45, 7) is 11.3. The molecule has 1 fully saturated rings. The lowest BCUT2D eigenvalue weighted by Gasteiger charge is -2.37. The van der Waals surface area contributed by atoms with Crippen molar-refractivity contribution in [2.75, 3.05) is 44.6 Å². The summed E-state index contributed by atoms with van der Waals surface area (Å²) in [5, 5.41) is 6.69. The average Bonchev–Trinajstić information content (AvgIpc) is 3.02. The molecular weight excluding hydrogens is 282 g/mol. The number of fused-ring (bicyclic) bond motifs is 1. The Kier molecular flexibility index (Phi) is 4.67. The van der Waals surface area contributed by atoms with Gasteiger partial charge in [0.05, 0.1) is 5.39 Å². The molecule has 3 rings (SSSR count). The van der Waals surface area contributed by atoms with Gasteiger partial charge in [-0.2, -0.15) is 0 Å². The highest BCUT2D eigenvalue weighted by Gasteiger charge is 2.20. The fraction of sp³-hybridized carbons (Fsp3) is 0.600. The van der Waals surface area contributed by atoms with Crippen molar-refractivity contribution >= 4 is 27.4 Å². The van der Waals surface area contributed by atoms with Gasteiger partial charge >= 0.3 is 0 Å². The third-order valence-corrected chi connectivity index (χ3v) is 5.12. The molecule has 0 spiro atoms. The summed E-state index contributed by atoms with van der Waals surface area (Å²) in [4.78, 5) is 14.8. The number of hydrogen-bond donors (Lipinski definition) is 1. The molecule has 0 saturated carbocycles. The minimum atomic E-state index is 0.521. The van der Waals surface area contributed by atoms with E-state index in [1.807, 2.05) is 0 Å². The molecule has 0 bridgehead atoms. The van der Waals surface area contributed by atoms with Crippen LogP contribution in [0.5, 0.6) is 0 Å². The highest BCUT2D eigenvalue weighted by molar-refractivity contribution is 7.16. The molecule has 0 aromatic carbocycles. The van der Waals surface area contributed by atoms with E-state index in [0.29, 0.717) is 6.04 Å². The van der Waals surface area contributed by atoms with E-state index >= 15 is 0 Å². The predicted octanol–water partition coefficient (Wildman–Crippen LogP) is 2.13. The van der Waals surface area contributed by atoms with Crippen LogP contribution in [0.3, 0.4) is 0 Å². The van der Waals surface area contributed by atoms with E-state index in [9.17, 15) is 0 Å². The Balaban J connectivity index is 1.56. The smallest absolute Gasteiger partial charge is 0.138 e. The van der Waals surface area contributed by atoms with Crippen LogP contribution in [0.1, 0.15) is 13.8 Å². The van der Waals surface area contributed by atoms with Crippen molar-refractivity contribution in [2.45, 2.75) is 19.9 Å². The second-order valence-electron chi connectivity index (χ2n) is 5.56. The van der Waals surface area contributed by atoms with Crippen molar-refractivity contribution in [1.29, 1.82) is 0 Å². The van der Waals surface area contributed by atoms with E-state index in [2.05, 4.69) is 50.4 Å². The number of nitrogens with one attached hydrogen (secondary N) is 1. The number of rotatable bonds is 5. The summed E-state index contributed by atoms with van der Waals surface area (Å²) >= 11 is 1.66. The zero-order valence-electron chi connectivity index (χ0n) is 12.7. The monoisotopic (exact) mass is 305 g/mol. The summed E-state index contributed by atoms with van der Waals surface area (Å²) in [7, 11) is 0. The molecular formula is C15H23N5S. The molecule has 6 heteroatoms. The molecule has 21 heavy (non-hydrogen) atoms. The Bertz CT molecular complexity index is 576. The van der Waals surface area contributed by atoms with Crippen LogP contribution in [-0.2, 0) is 0 Å². The van der Waals surface area contributed by atoms with Gasteiger partial charge in [0.15, 0.2) is 0 Å². The Morgan fingerprint density at radius 3 is 2.86 bits per heavy atom. The maximum absolute atomic E-state index is 4.38. The molecule has 1 aliphatic heterocycles. The van der Waals surface area contributed by atoms with E-state index in [0.717, 1.165) is 42.2 Å². The second-order valence-corrected chi connectivity index (χ2v) is 6.46. The van der Waals surface area contributed by atoms with Gasteiger partial charge in [-0.3, -0.25) is 4.90 Å². The molecule has 0 radical (unpaired) electrons. The summed E-state index contributed by atoms with van der Waals surface area (Å²) in [6, 6.07) is 2.61. The molecule has 0 aliphatic carbocycles. The molecule has 1 aliphatic rings. The van der Waals surface area contributed by atoms with Crippen molar-refractivity contribution in [3.05, 3.63) is 17.8 Å². The normalized spacial score (nSPS) is 19.0. The third kappa shape index (κ3) is 3.33. The zero-order valence-corrected chi connectivity index (χ0v) is 13.6. The van der Waals surface area contributed by atoms with Gasteiger partial charge in [0.25, 0.3) is 0 Å². The summed E-state index contributed by atoms with van der Waals surface area (Å²) in [5.74, 6) is 0.959. The molecule has 0 unspecified atom stereocenters. The molecule has 2 aromatic heterocycles. The quantitative estimate of drug-likeness (QED) is 0.917. The van der Waals surface area contributed by atoms with Crippen LogP contribution in [-0.4, -0.2) is 65.1 Å². The van der Waals surface area contributed by atoms with E-state index < -0.39 is 0 Å². The lowest BCUT2D eigenvalue weighted by atomic mass is 10.2. The minimum Gasteiger partial charge on any atom is -0.368 e. The van der Waals surface area contributed by atoms with E-state index in [1.165, 1.54) is 13.1 Å². The number of piperazine rings is 1. The topological polar surface area (TPSA) is 44.3 Å². The fourth-order valence-electron chi connectivity index (χ4n) is 2.82. The number of thiophene rings is 1. The van der Waals surface area contributed by atoms with Gasteiger partial charge < -0.3 is 10.2 Å². The van der Waals surface area contributed by atoms with Gasteiger partial charge in [-0.1, -0.05) is 6.92 Å². The van der Waals surface area contributed by atoms with Crippen molar-refractivity contribution in [2.24, 2.45) is 0 Å². The van der Waals surface area contributed by atoms with E-state index in [1.54, 1.807) is 17.7 Å². The molecule has 1 N–H and O–H groups in total. The van der Waals surface area contributed by atoms with Crippen LogP contribution in [0, 0.1) is 0 Å². The lowest BCUT2D eigenvalue weighted by Crippen LogP contribution is -2.51. The minimum absolute atomic E-state index is 0.521. The standard InChI is InChI=1S/C15H23N5S/c1-3-19-5-7-20(8-6-19)12(2)10-16-14-13-4-9-21-15(13)18-11-17-14/h4,9,11-12H,3,5-8,10H2,1-2H3,(H,16,17,18)/t12-/m0/s1. The maximum atomic E-state index is 4.38. The molecule has 2 aromatic rings. The predicted molar refractivity (Wildman–Crippen MR) is 89.1 cm³/mol. The molecule has 3 heterocycles. The average molecular weight is 305 g/mol. The summed E-state index contributed by atoms with van der Waals surface area (Å²) < 4.78 is 0. The number of anilines is 1. The first-order valence-electron chi connectivity index (χ1n) is 7.66. The Morgan fingerprint density at radius 1 is 1.29 bits per heavy atom. The second kappa shape index (κ2) is 6.68. The summed E-state index contributed by atoms with van der Waals surface area (Å²) in [6.07, 6.45) is 1.64. The molecule has 0 amide bonds. The molecule has 1 atom stereocenters. The van der Waals surface area contributed by atoms with Crippen molar-refractivity contribution in [3.8, 4) is 0 Å². The van der Waals surface area contributed by atoms with Gasteiger partial charge in [0, 0.05) is 38.8 Å². The summed E-state index contributed by atoms with van der Waals surface area (Å²) in [5.41, 5.74) is 0. The number of aromatic nitrogens is 2. The number of nitrogens with zero attached hydrogens (tertiary/aromatic N) is 4. The molecule has 5 nitrogen and oxygen atoms in total. The first-order valence-corrected chi connectivity index (χ1v) is 8.54. The highest BCUT2D eigenvalue weighted by atomic mass is 32.1. The Hall–Kier alpha value is -1.24. The number of likely N-dealkylation sites (N-methyl/N-ethyl adjacent to an activating group) is 1. The van der Waals surface area contributed by atoms with Crippen LogP contribution in [0.15, 0.2) is 17.8 Å². The molecule has 1 saturated heterocycles. The number of hydrogen-bond acceptors (Lipinski definition) is 6. The van der Waals surface area contributed by atoms with Gasteiger partial charge in [-0.05, 0) is 24.9 Å². The van der Waals surface area contributed by atoms with Gasteiger partial charge in [-0.15, -0.1) is 11.3 Å². The molecule has 114 valence electrons. The van der Waals surface area contributed by atoms with Crippen LogP contribution < -0.4 is 5.32 Å². The largest absolute Gasteiger partial charge is 0.368 e.